The van der Waals surface area contributed by atoms with Gasteiger partial charge in [-0.25, -0.2) is 4.98 Å². The van der Waals surface area contributed by atoms with Crippen LogP contribution in [0.3, 0.4) is 0 Å². The van der Waals surface area contributed by atoms with Crippen LogP contribution in [0.4, 0.5) is 13.2 Å². The van der Waals surface area contributed by atoms with Crippen molar-refractivity contribution in [3.8, 4) is 28.7 Å². The lowest BCUT2D eigenvalue weighted by Crippen LogP contribution is -2.05. The third kappa shape index (κ3) is 4.18. The number of pyridine rings is 1. The van der Waals surface area contributed by atoms with Gasteiger partial charge in [0.15, 0.2) is 0 Å². The summed E-state index contributed by atoms with van der Waals surface area (Å²) in [5, 5.41) is 13.2. The summed E-state index contributed by atoms with van der Waals surface area (Å²) >= 11 is 0. The van der Waals surface area contributed by atoms with E-state index in [0.717, 1.165) is 55.8 Å². The predicted octanol–water partition coefficient (Wildman–Crippen LogP) is 10.1. The second-order valence-corrected chi connectivity index (χ2v) is 11.2. The second-order valence-electron chi connectivity index (χ2n) is 11.2. The molecule has 0 bridgehead atoms. The first-order valence-corrected chi connectivity index (χ1v) is 14.4. The maximum atomic E-state index is 13.7. The third-order valence-corrected chi connectivity index (χ3v) is 8.47. The Morgan fingerprint density at radius 2 is 1.29 bits per heavy atom. The van der Waals surface area contributed by atoms with Crippen molar-refractivity contribution in [2.45, 2.75) is 13.1 Å². The molecule has 4 nitrogen and oxygen atoms in total. The van der Waals surface area contributed by atoms with Crippen molar-refractivity contribution >= 4 is 43.6 Å². The van der Waals surface area contributed by atoms with Gasteiger partial charge >= 0.3 is 6.18 Å². The van der Waals surface area contributed by atoms with Crippen LogP contribution in [0.25, 0.3) is 66.2 Å². The molecular weight excluding hydrogens is 569 g/mol. The van der Waals surface area contributed by atoms with Crippen molar-refractivity contribution in [3.05, 3.63) is 138 Å². The van der Waals surface area contributed by atoms with Gasteiger partial charge < -0.3 is 4.57 Å². The minimum Gasteiger partial charge on any atom is -0.307 e. The van der Waals surface area contributed by atoms with E-state index in [-0.39, 0.29) is 0 Å². The number of hydrogen-bond acceptors (Lipinski definition) is 2. The van der Waals surface area contributed by atoms with Gasteiger partial charge in [0.05, 0.1) is 51.1 Å². The van der Waals surface area contributed by atoms with Crippen molar-refractivity contribution in [3.63, 3.8) is 0 Å². The summed E-state index contributed by atoms with van der Waals surface area (Å²) in [6.07, 6.45) is -2.64. The summed E-state index contributed by atoms with van der Waals surface area (Å²) < 4.78 is 45.3. The summed E-state index contributed by atoms with van der Waals surface area (Å²) in [7, 11) is 0. The van der Waals surface area contributed by atoms with Crippen LogP contribution in [0, 0.1) is 18.3 Å². The van der Waals surface area contributed by atoms with Gasteiger partial charge in [-0.1, -0.05) is 60.2 Å². The van der Waals surface area contributed by atoms with Crippen molar-refractivity contribution in [2.24, 2.45) is 0 Å². The molecule has 0 saturated carbocycles. The average molecular weight is 593 g/mol. The number of nitriles is 1. The Hall–Kier alpha value is -5.87. The highest BCUT2D eigenvalue weighted by atomic mass is 19.4. The zero-order valence-electron chi connectivity index (χ0n) is 24.0. The van der Waals surface area contributed by atoms with Crippen LogP contribution in [-0.4, -0.2) is 14.1 Å². The zero-order chi connectivity index (χ0) is 30.9. The van der Waals surface area contributed by atoms with E-state index in [1.165, 1.54) is 12.1 Å². The molecule has 0 aliphatic heterocycles. The first-order chi connectivity index (χ1) is 21.8. The van der Waals surface area contributed by atoms with Gasteiger partial charge in [0.1, 0.15) is 5.82 Å². The molecule has 3 heterocycles. The Bertz CT molecular complexity index is 2510. The molecule has 0 atom stereocenters. The normalized spacial score (nSPS) is 12.0. The lowest BCUT2D eigenvalue weighted by molar-refractivity contribution is -0.137. The molecule has 7 heteroatoms. The van der Waals surface area contributed by atoms with Crippen LogP contribution in [0.1, 0.15) is 16.7 Å². The number of hydrogen-bond donors (Lipinski definition) is 0. The fourth-order valence-corrected chi connectivity index (χ4v) is 6.47. The summed E-state index contributed by atoms with van der Waals surface area (Å²) in [4.78, 5) is 4.96. The number of rotatable bonds is 3. The number of aromatic nitrogens is 3. The second kappa shape index (κ2) is 9.83. The minimum atomic E-state index is -4.46. The highest BCUT2D eigenvalue weighted by molar-refractivity contribution is 6.11. The van der Waals surface area contributed by atoms with Gasteiger partial charge in [-0.15, -0.1) is 0 Å². The van der Waals surface area contributed by atoms with Gasteiger partial charge in [-0.2, -0.15) is 18.4 Å². The van der Waals surface area contributed by atoms with E-state index < -0.39 is 11.7 Å². The Labute approximate surface area is 255 Å². The lowest BCUT2D eigenvalue weighted by Gasteiger charge is -2.17. The minimum absolute atomic E-state index is 0.497. The monoisotopic (exact) mass is 592 g/mol. The smallest absolute Gasteiger partial charge is 0.307 e. The van der Waals surface area contributed by atoms with E-state index in [1.54, 1.807) is 6.07 Å². The molecule has 0 amide bonds. The van der Waals surface area contributed by atoms with Crippen LogP contribution < -0.4 is 0 Å². The fourth-order valence-electron chi connectivity index (χ4n) is 6.47. The number of alkyl halides is 3. The number of nitrogens with zero attached hydrogens (tertiary/aromatic N) is 4. The van der Waals surface area contributed by atoms with E-state index in [9.17, 15) is 18.4 Å². The Morgan fingerprint density at radius 3 is 2.02 bits per heavy atom. The quantitative estimate of drug-likeness (QED) is 0.205. The van der Waals surface area contributed by atoms with E-state index in [2.05, 4.69) is 47.9 Å². The maximum absolute atomic E-state index is 13.7. The first-order valence-electron chi connectivity index (χ1n) is 14.4. The van der Waals surface area contributed by atoms with Crippen LogP contribution in [0.2, 0.25) is 0 Å². The Kier molecular flexibility index (Phi) is 5.84. The van der Waals surface area contributed by atoms with Crippen molar-refractivity contribution in [1.29, 1.82) is 5.26 Å². The van der Waals surface area contributed by atoms with Crippen LogP contribution >= 0.6 is 0 Å². The number of benzene rings is 5. The van der Waals surface area contributed by atoms with Gasteiger partial charge in [-0.05, 0) is 73.2 Å². The fraction of sp³-hybridized carbons (Fsp3) is 0.0526. The lowest BCUT2D eigenvalue weighted by atomic mass is 10.0. The Balaban J connectivity index is 1.46. The molecule has 0 fully saturated rings. The molecule has 0 aliphatic rings. The van der Waals surface area contributed by atoms with Gasteiger partial charge in [0.2, 0.25) is 0 Å². The molecule has 0 spiro atoms. The zero-order valence-corrected chi connectivity index (χ0v) is 24.0. The number of halogens is 3. The van der Waals surface area contributed by atoms with E-state index in [4.69, 9.17) is 4.98 Å². The van der Waals surface area contributed by atoms with E-state index in [0.29, 0.717) is 27.7 Å². The summed E-state index contributed by atoms with van der Waals surface area (Å²) in [5.41, 5.74) is 6.86. The molecule has 0 saturated heterocycles. The number of fused-ring (bicyclic) bond motifs is 6. The van der Waals surface area contributed by atoms with Crippen molar-refractivity contribution < 1.29 is 13.2 Å². The average Bonchev–Trinajstić information content (AvgIpc) is 3.56. The standard InChI is InChI=1S/C38H23F3N4/c1-23-13-15-34-30(17-23)27-9-2-4-11-32(27)44(34)36-22-43-37(20-29(36)25-8-6-7-24(18-25)21-42)45-33-12-5-3-10-28(33)31-19-26(38(39,40)41)14-16-35(31)45/h2-20,22H,1H3. The van der Waals surface area contributed by atoms with Crippen LogP contribution in [0.5, 0.6) is 0 Å². The molecule has 0 unspecified atom stereocenters. The van der Waals surface area contributed by atoms with Gasteiger partial charge in [0, 0.05) is 27.1 Å². The summed E-state index contributed by atoms with van der Waals surface area (Å²) in [6, 6.07) is 37.5. The molecule has 3 aromatic heterocycles. The van der Waals surface area contributed by atoms with Crippen molar-refractivity contribution in [1.82, 2.24) is 14.1 Å². The largest absolute Gasteiger partial charge is 0.416 e. The van der Waals surface area contributed by atoms with Crippen LogP contribution in [-0.2, 0) is 6.18 Å². The highest BCUT2D eigenvalue weighted by Crippen LogP contribution is 2.40. The van der Waals surface area contributed by atoms with Crippen molar-refractivity contribution in [2.75, 3.05) is 0 Å². The molecule has 45 heavy (non-hydrogen) atoms. The predicted molar refractivity (Wildman–Crippen MR) is 173 cm³/mol. The molecular formula is C38H23F3N4. The highest BCUT2D eigenvalue weighted by Gasteiger charge is 2.31. The molecule has 8 aromatic rings. The van der Waals surface area contributed by atoms with E-state index >= 15 is 0 Å². The third-order valence-electron chi connectivity index (χ3n) is 8.47. The van der Waals surface area contributed by atoms with Crippen LogP contribution in [0.15, 0.2) is 121 Å². The molecule has 0 aliphatic carbocycles. The Morgan fingerprint density at radius 1 is 0.644 bits per heavy atom. The molecule has 8 rings (SSSR count). The molecule has 5 aromatic carbocycles. The number of aryl methyl sites for hydroxylation is 1. The SMILES string of the molecule is Cc1ccc2c(c1)c1ccccc1n2-c1cnc(-n2c3ccccc3c3cc(C(F)(F)F)ccc32)cc1-c1cccc(C#N)c1. The summed E-state index contributed by atoms with van der Waals surface area (Å²) in [5.74, 6) is 0.554. The topological polar surface area (TPSA) is 46.5 Å². The summed E-state index contributed by atoms with van der Waals surface area (Å²) in [6.45, 7) is 2.07. The maximum Gasteiger partial charge on any atom is 0.416 e. The molecule has 0 radical (unpaired) electrons. The molecule has 216 valence electrons. The van der Waals surface area contributed by atoms with Gasteiger partial charge in [-0.3, -0.25) is 4.57 Å². The number of para-hydroxylation sites is 2. The van der Waals surface area contributed by atoms with E-state index in [1.807, 2.05) is 71.4 Å². The van der Waals surface area contributed by atoms with Gasteiger partial charge in [0.25, 0.3) is 0 Å². The molecule has 0 N–H and O–H groups in total. The first kappa shape index (κ1) is 26.7.